The van der Waals surface area contributed by atoms with Crippen LogP contribution in [0.1, 0.15) is 12.5 Å². The van der Waals surface area contributed by atoms with Crippen LogP contribution in [-0.4, -0.2) is 31.5 Å². The minimum absolute atomic E-state index is 0.0424. The first-order chi connectivity index (χ1) is 11.8. The van der Waals surface area contributed by atoms with Gasteiger partial charge in [0.1, 0.15) is 5.82 Å². The number of nitrogens with zero attached hydrogens (tertiary/aromatic N) is 1. The van der Waals surface area contributed by atoms with Crippen molar-refractivity contribution in [2.45, 2.75) is 18.6 Å². The smallest absolute Gasteiger partial charge is 0.423 e. The highest BCUT2D eigenvalue weighted by molar-refractivity contribution is 7.92. The molecule has 25 heavy (non-hydrogen) atoms. The molecule has 3 N–H and O–H groups in total. The Balaban J connectivity index is 1.92. The van der Waals surface area contributed by atoms with Crippen LogP contribution >= 0.6 is 0 Å². The molecule has 0 fully saturated rings. The molecule has 0 radical (unpaired) electrons. The maximum atomic E-state index is 14.1. The van der Waals surface area contributed by atoms with Gasteiger partial charge in [-0.25, -0.2) is 9.37 Å². The van der Waals surface area contributed by atoms with Crippen molar-refractivity contribution in [3.05, 3.63) is 41.8 Å². The highest BCUT2D eigenvalue weighted by atomic mass is 32.2. The fourth-order valence-electron chi connectivity index (χ4n) is 2.36. The number of nitrogens with one attached hydrogen (secondary N) is 2. The fourth-order valence-corrected chi connectivity index (χ4v) is 3.39. The number of fused-ring (bicyclic) bond motifs is 1. The molecular formula is C14H13BFN3O5S. The molecular weight excluding hydrogens is 352 g/mol. The van der Waals surface area contributed by atoms with Gasteiger partial charge in [-0.3, -0.25) is 9.52 Å². The van der Waals surface area contributed by atoms with Crippen molar-refractivity contribution in [1.29, 1.82) is 0 Å². The van der Waals surface area contributed by atoms with Crippen LogP contribution in [0, 0.1) is 5.82 Å². The summed E-state index contributed by atoms with van der Waals surface area (Å²) in [6.07, 6.45) is 1.20. The van der Waals surface area contributed by atoms with Gasteiger partial charge in [-0.1, -0.05) is 0 Å². The lowest BCUT2D eigenvalue weighted by molar-refractivity contribution is -0.114. The quantitative estimate of drug-likeness (QED) is 0.667. The summed E-state index contributed by atoms with van der Waals surface area (Å²) in [4.78, 5) is 14.8. The molecule has 0 saturated carbocycles. The lowest BCUT2D eigenvalue weighted by Gasteiger charge is -2.11. The van der Waals surface area contributed by atoms with Crippen LogP contribution in [0.5, 0.6) is 0 Å². The second kappa shape index (κ2) is 6.43. The zero-order valence-corrected chi connectivity index (χ0v) is 13.8. The number of hydrogen-bond acceptors (Lipinski definition) is 6. The van der Waals surface area contributed by atoms with Crippen LogP contribution < -0.4 is 15.5 Å². The number of rotatable bonds is 4. The average molecular weight is 365 g/mol. The number of carbonyl (C=O) groups excluding carboxylic acids is 1. The molecule has 130 valence electrons. The molecule has 8 nitrogen and oxygen atoms in total. The summed E-state index contributed by atoms with van der Waals surface area (Å²) < 4.78 is 46.0. The highest BCUT2D eigenvalue weighted by Gasteiger charge is 2.30. The van der Waals surface area contributed by atoms with E-state index in [0.717, 1.165) is 12.1 Å². The highest BCUT2D eigenvalue weighted by Crippen LogP contribution is 2.22. The Morgan fingerprint density at radius 1 is 1.40 bits per heavy atom. The monoisotopic (exact) mass is 365 g/mol. The molecule has 0 atom stereocenters. The number of amides is 1. The molecule has 2 heterocycles. The predicted molar refractivity (Wildman–Crippen MR) is 88.1 cm³/mol. The summed E-state index contributed by atoms with van der Waals surface area (Å²) in [6, 6.07) is 4.85. The van der Waals surface area contributed by atoms with Crippen molar-refractivity contribution in [2.75, 3.05) is 10.0 Å². The summed E-state index contributed by atoms with van der Waals surface area (Å²) >= 11 is 0. The standard InChI is InChI=1S/C14H13BFN3O5S/c1-8(20)18-10-2-3-17-14(5-10)25(22,23)19-13-6-11-9(4-12(13)16)7-24-15(11)21/h2-6,19,21H,7H2,1H3,(H,17,18,20). The van der Waals surface area contributed by atoms with E-state index in [1.807, 2.05) is 0 Å². The average Bonchev–Trinajstić information content (AvgIpc) is 2.87. The second-order valence-corrected chi connectivity index (χ2v) is 6.99. The van der Waals surface area contributed by atoms with E-state index < -0.39 is 28.0 Å². The van der Waals surface area contributed by atoms with E-state index >= 15 is 0 Å². The summed E-state index contributed by atoms with van der Waals surface area (Å²) in [5, 5.41) is 11.7. The van der Waals surface area contributed by atoms with Crippen molar-refractivity contribution in [3.8, 4) is 0 Å². The summed E-state index contributed by atoms with van der Waals surface area (Å²) in [7, 11) is -5.44. The van der Waals surface area contributed by atoms with Crippen molar-refractivity contribution in [2.24, 2.45) is 0 Å². The first kappa shape index (κ1) is 17.3. The molecule has 1 aliphatic heterocycles. The van der Waals surface area contributed by atoms with Crippen LogP contribution in [0.25, 0.3) is 0 Å². The molecule has 11 heteroatoms. The molecule has 0 saturated heterocycles. The maximum Gasteiger partial charge on any atom is 0.491 e. The molecule has 1 aromatic heterocycles. The van der Waals surface area contributed by atoms with Crippen molar-refractivity contribution >= 4 is 39.9 Å². The number of pyridine rings is 1. The number of hydrogen-bond donors (Lipinski definition) is 3. The van der Waals surface area contributed by atoms with E-state index in [9.17, 15) is 22.6 Å². The van der Waals surface area contributed by atoms with Gasteiger partial charge in [0.15, 0.2) is 5.03 Å². The van der Waals surface area contributed by atoms with Crippen LogP contribution in [0.2, 0.25) is 0 Å². The fraction of sp³-hybridized carbons (Fsp3) is 0.143. The minimum Gasteiger partial charge on any atom is -0.423 e. The summed E-state index contributed by atoms with van der Waals surface area (Å²) in [6.45, 7) is 1.32. The SMILES string of the molecule is CC(=O)Nc1ccnc(S(=O)(=O)Nc2cc3c(cc2F)COB3O)c1. The third-order valence-corrected chi connectivity index (χ3v) is 4.73. The van der Waals surface area contributed by atoms with Gasteiger partial charge >= 0.3 is 7.12 Å². The predicted octanol–water partition coefficient (Wildman–Crippen LogP) is 0.198. The molecule has 0 spiro atoms. The van der Waals surface area contributed by atoms with Gasteiger partial charge in [-0.15, -0.1) is 0 Å². The van der Waals surface area contributed by atoms with Gasteiger partial charge in [-0.2, -0.15) is 8.42 Å². The zero-order valence-electron chi connectivity index (χ0n) is 13.0. The summed E-state index contributed by atoms with van der Waals surface area (Å²) in [5.74, 6) is -1.18. The number of anilines is 2. The van der Waals surface area contributed by atoms with Crippen molar-refractivity contribution < 1.29 is 27.3 Å². The number of benzene rings is 1. The molecule has 2 aromatic rings. The Morgan fingerprint density at radius 3 is 2.88 bits per heavy atom. The van der Waals surface area contributed by atoms with Crippen LogP contribution in [0.15, 0.2) is 35.5 Å². The van der Waals surface area contributed by atoms with Crippen LogP contribution in [0.3, 0.4) is 0 Å². The zero-order chi connectivity index (χ0) is 18.2. The first-order valence-corrected chi connectivity index (χ1v) is 8.63. The molecule has 0 aliphatic carbocycles. The van der Waals surface area contributed by atoms with E-state index in [2.05, 4.69) is 15.0 Å². The van der Waals surface area contributed by atoms with Gasteiger partial charge in [-0.05, 0) is 29.2 Å². The molecule has 1 aromatic carbocycles. The van der Waals surface area contributed by atoms with Gasteiger partial charge in [0, 0.05) is 24.9 Å². The number of aromatic nitrogens is 1. The largest absolute Gasteiger partial charge is 0.491 e. The lowest BCUT2D eigenvalue weighted by Crippen LogP contribution is -2.29. The van der Waals surface area contributed by atoms with Gasteiger partial charge in [0.25, 0.3) is 10.0 Å². The molecule has 1 amide bonds. The third-order valence-electron chi connectivity index (χ3n) is 3.47. The normalized spacial score (nSPS) is 13.5. The van der Waals surface area contributed by atoms with E-state index in [1.54, 1.807) is 0 Å². The molecule has 0 unspecified atom stereocenters. The third kappa shape index (κ3) is 3.63. The van der Waals surface area contributed by atoms with Gasteiger partial charge in [0.2, 0.25) is 5.91 Å². The number of halogens is 1. The van der Waals surface area contributed by atoms with Gasteiger partial charge < -0.3 is 15.0 Å². The topological polar surface area (TPSA) is 118 Å². The number of carbonyl (C=O) groups is 1. The van der Waals surface area contributed by atoms with E-state index in [4.69, 9.17) is 4.65 Å². The van der Waals surface area contributed by atoms with E-state index in [-0.39, 0.29) is 23.9 Å². The Hall–Kier alpha value is -2.50. The first-order valence-electron chi connectivity index (χ1n) is 7.15. The van der Waals surface area contributed by atoms with Crippen molar-refractivity contribution in [3.63, 3.8) is 0 Å². The molecule has 1 aliphatic rings. The Morgan fingerprint density at radius 2 is 2.16 bits per heavy atom. The van der Waals surface area contributed by atoms with E-state index in [0.29, 0.717) is 11.0 Å². The van der Waals surface area contributed by atoms with Crippen LogP contribution in [-0.2, 0) is 26.1 Å². The number of sulfonamides is 1. The minimum atomic E-state index is -4.20. The second-order valence-electron chi connectivity index (χ2n) is 5.36. The lowest BCUT2D eigenvalue weighted by atomic mass is 9.79. The van der Waals surface area contributed by atoms with Crippen molar-refractivity contribution in [1.82, 2.24) is 4.98 Å². The van der Waals surface area contributed by atoms with E-state index in [1.165, 1.54) is 25.3 Å². The molecule has 0 bridgehead atoms. The Labute approximate surface area is 143 Å². The van der Waals surface area contributed by atoms with Gasteiger partial charge in [0.05, 0.1) is 12.3 Å². The Bertz CT molecular complexity index is 953. The summed E-state index contributed by atoms with van der Waals surface area (Å²) in [5.41, 5.74) is 0.633. The van der Waals surface area contributed by atoms with Crippen LogP contribution in [0.4, 0.5) is 15.8 Å². The molecule has 3 rings (SSSR count). The maximum absolute atomic E-state index is 14.1. The Kier molecular flexibility index (Phi) is 4.46.